The molecule has 0 radical (unpaired) electrons. The van der Waals surface area contributed by atoms with Crippen molar-refractivity contribution in [2.75, 3.05) is 5.73 Å². The van der Waals surface area contributed by atoms with E-state index in [2.05, 4.69) is 31.0 Å². The fourth-order valence-electron chi connectivity index (χ4n) is 2.13. The second kappa shape index (κ2) is 4.80. The summed E-state index contributed by atoms with van der Waals surface area (Å²) in [7, 11) is 0. The summed E-state index contributed by atoms with van der Waals surface area (Å²) in [5, 5.41) is 0.655. The molecule has 20 heavy (non-hydrogen) atoms. The number of hydrogen-bond donors (Lipinski definition) is 1. The Morgan fingerprint density at radius 1 is 1.05 bits per heavy atom. The number of hydrogen-bond acceptors (Lipinski definition) is 4. The number of aromatic nitrogens is 1. The maximum Gasteiger partial charge on any atom is 0.279 e. The molecule has 102 valence electrons. The Kier molecular flexibility index (Phi) is 3.10. The first-order valence-electron chi connectivity index (χ1n) is 6.45. The predicted octanol–water partition coefficient (Wildman–Crippen LogP) is 4.60. The molecule has 2 aromatic carbocycles. The van der Waals surface area contributed by atoms with Crippen molar-refractivity contribution in [1.29, 1.82) is 0 Å². The second-order valence-electron chi connectivity index (χ2n) is 4.96. The highest BCUT2D eigenvalue weighted by Gasteiger charge is 2.11. The normalized spacial score (nSPS) is 10.9. The number of benzene rings is 2. The minimum Gasteiger partial charge on any atom is -0.430 e. The largest absolute Gasteiger partial charge is 0.430 e. The third kappa shape index (κ3) is 2.23. The summed E-state index contributed by atoms with van der Waals surface area (Å²) in [5.41, 5.74) is 10.9. The fourth-order valence-corrected chi connectivity index (χ4v) is 3.00. The molecule has 0 saturated heterocycles. The average molecular weight is 284 g/mol. The zero-order valence-corrected chi connectivity index (χ0v) is 12.5. The van der Waals surface area contributed by atoms with Gasteiger partial charge in [0.2, 0.25) is 0 Å². The van der Waals surface area contributed by atoms with E-state index in [1.54, 1.807) is 0 Å². The molecule has 3 rings (SSSR count). The highest BCUT2D eigenvalue weighted by molar-refractivity contribution is 7.20. The van der Waals surface area contributed by atoms with Gasteiger partial charge in [-0.15, -0.1) is 0 Å². The molecule has 0 fully saturated rings. The molecule has 3 nitrogen and oxygen atoms in total. The van der Waals surface area contributed by atoms with Crippen LogP contribution < -0.4 is 10.5 Å². The van der Waals surface area contributed by atoms with Gasteiger partial charge < -0.3 is 10.5 Å². The van der Waals surface area contributed by atoms with Gasteiger partial charge in [0.1, 0.15) is 5.75 Å². The molecule has 0 amide bonds. The molecule has 0 unspecified atom stereocenters. The number of aryl methyl sites for hydroxylation is 2. The Balaban J connectivity index is 2.03. The lowest BCUT2D eigenvalue weighted by molar-refractivity contribution is 0.472. The Hall–Kier alpha value is -2.07. The molecule has 2 N–H and O–H groups in total. The van der Waals surface area contributed by atoms with Crippen LogP contribution in [0.4, 0.5) is 5.69 Å². The minimum absolute atomic E-state index is 0.655. The summed E-state index contributed by atoms with van der Waals surface area (Å²) in [6.45, 7) is 6.21. The maximum atomic E-state index is 6.01. The highest BCUT2D eigenvalue weighted by atomic mass is 32.1. The zero-order chi connectivity index (χ0) is 14.3. The van der Waals surface area contributed by atoms with Crippen LogP contribution in [0.5, 0.6) is 10.9 Å². The number of rotatable bonds is 2. The summed E-state index contributed by atoms with van der Waals surface area (Å²) in [5.74, 6) is 0.900. The molecule has 0 aliphatic rings. The molecular weight excluding hydrogens is 268 g/mol. The van der Waals surface area contributed by atoms with Gasteiger partial charge in [0.25, 0.3) is 5.19 Å². The van der Waals surface area contributed by atoms with Gasteiger partial charge in [0, 0.05) is 5.69 Å². The molecule has 3 aromatic rings. The summed E-state index contributed by atoms with van der Waals surface area (Å²) in [6, 6.07) is 9.88. The Morgan fingerprint density at radius 2 is 1.80 bits per heavy atom. The average Bonchev–Trinajstić information content (AvgIpc) is 2.81. The van der Waals surface area contributed by atoms with Crippen molar-refractivity contribution in [3.8, 4) is 10.9 Å². The summed E-state index contributed by atoms with van der Waals surface area (Å²) in [4.78, 5) is 4.50. The van der Waals surface area contributed by atoms with Crippen LogP contribution in [-0.2, 0) is 0 Å². The quantitative estimate of drug-likeness (QED) is 0.700. The van der Waals surface area contributed by atoms with Gasteiger partial charge in [-0.2, -0.15) is 0 Å². The van der Waals surface area contributed by atoms with Crippen molar-refractivity contribution >= 4 is 27.2 Å². The van der Waals surface area contributed by atoms with E-state index in [0.717, 1.165) is 32.8 Å². The Morgan fingerprint density at radius 3 is 2.60 bits per heavy atom. The maximum absolute atomic E-state index is 6.01. The number of anilines is 1. The van der Waals surface area contributed by atoms with E-state index >= 15 is 0 Å². The third-order valence-corrected chi connectivity index (χ3v) is 4.35. The smallest absolute Gasteiger partial charge is 0.279 e. The third-order valence-electron chi connectivity index (χ3n) is 3.46. The number of fused-ring (bicyclic) bond motifs is 1. The van der Waals surface area contributed by atoms with E-state index in [1.807, 2.05) is 25.1 Å². The van der Waals surface area contributed by atoms with Gasteiger partial charge in [-0.3, -0.25) is 0 Å². The first-order valence-corrected chi connectivity index (χ1v) is 7.27. The Bertz CT molecular complexity index is 793. The van der Waals surface area contributed by atoms with Crippen LogP contribution in [0, 0.1) is 20.8 Å². The van der Waals surface area contributed by atoms with Crippen molar-refractivity contribution in [2.45, 2.75) is 20.8 Å². The monoisotopic (exact) mass is 284 g/mol. The van der Waals surface area contributed by atoms with Crippen LogP contribution in [0.3, 0.4) is 0 Å². The molecule has 0 saturated carbocycles. The topological polar surface area (TPSA) is 48.1 Å². The first kappa shape index (κ1) is 12.9. The molecular formula is C16H16N2OS. The first-order chi connectivity index (χ1) is 9.54. The van der Waals surface area contributed by atoms with Gasteiger partial charge in [-0.25, -0.2) is 4.98 Å². The molecule has 1 aromatic heterocycles. The van der Waals surface area contributed by atoms with Crippen molar-refractivity contribution in [1.82, 2.24) is 4.98 Å². The molecule has 0 aliphatic heterocycles. The molecule has 0 spiro atoms. The van der Waals surface area contributed by atoms with Crippen LogP contribution in [-0.4, -0.2) is 4.98 Å². The Labute approximate surface area is 122 Å². The molecule has 0 atom stereocenters. The number of nitrogen functional groups attached to an aromatic ring is 1. The van der Waals surface area contributed by atoms with Gasteiger partial charge in [-0.1, -0.05) is 23.5 Å². The van der Waals surface area contributed by atoms with E-state index < -0.39 is 0 Å². The molecule has 1 heterocycles. The summed E-state index contributed by atoms with van der Waals surface area (Å²) >= 11 is 1.52. The second-order valence-corrected chi connectivity index (χ2v) is 5.96. The number of ether oxygens (including phenoxy) is 1. The SMILES string of the molecule is Cc1ccc(C)c(Oc2nc3ccc(N)cc3s2)c1C. The van der Waals surface area contributed by atoms with Gasteiger partial charge in [0.05, 0.1) is 10.2 Å². The van der Waals surface area contributed by atoms with E-state index in [0.29, 0.717) is 5.19 Å². The summed E-state index contributed by atoms with van der Waals surface area (Å²) < 4.78 is 7.06. The van der Waals surface area contributed by atoms with Gasteiger partial charge in [0.15, 0.2) is 0 Å². The van der Waals surface area contributed by atoms with Crippen LogP contribution in [0.15, 0.2) is 30.3 Å². The lowest BCUT2D eigenvalue weighted by Crippen LogP contribution is -1.92. The molecule has 0 aliphatic carbocycles. The van der Waals surface area contributed by atoms with Crippen molar-refractivity contribution < 1.29 is 4.74 Å². The van der Waals surface area contributed by atoms with Crippen molar-refractivity contribution in [2.24, 2.45) is 0 Å². The lowest BCUT2D eigenvalue weighted by atomic mass is 10.1. The minimum atomic E-state index is 0.655. The number of nitrogens with zero attached hydrogens (tertiary/aromatic N) is 1. The van der Waals surface area contributed by atoms with E-state index in [4.69, 9.17) is 10.5 Å². The standard InChI is InChI=1S/C16H16N2OS/c1-9-4-5-10(2)15(11(9)3)19-16-18-13-7-6-12(17)8-14(13)20-16/h4-8H,17H2,1-3H3. The predicted molar refractivity (Wildman–Crippen MR) is 84.8 cm³/mol. The van der Waals surface area contributed by atoms with Crippen LogP contribution in [0.1, 0.15) is 16.7 Å². The molecule has 0 bridgehead atoms. The lowest BCUT2D eigenvalue weighted by Gasteiger charge is -2.11. The van der Waals surface area contributed by atoms with Crippen molar-refractivity contribution in [3.63, 3.8) is 0 Å². The van der Waals surface area contributed by atoms with E-state index in [-0.39, 0.29) is 0 Å². The molecule has 4 heteroatoms. The van der Waals surface area contributed by atoms with E-state index in [9.17, 15) is 0 Å². The van der Waals surface area contributed by atoms with Crippen LogP contribution in [0.25, 0.3) is 10.2 Å². The van der Waals surface area contributed by atoms with E-state index in [1.165, 1.54) is 16.9 Å². The summed E-state index contributed by atoms with van der Waals surface area (Å²) in [6.07, 6.45) is 0. The van der Waals surface area contributed by atoms with Crippen molar-refractivity contribution in [3.05, 3.63) is 47.0 Å². The number of nitrogens with two attached hydrogens (primary N) is 1. The zero-order valence-electron chi connectivity index (χ0n) is 11.7. The van der Waals surface area contributed by atoms with Crippen LogP contribution in [0.2, 0.25) is 0 Å². The fraction of sp³-hybridized carbons (Fsp3) is 0.188. The van der Waals surface area contributed by atoms with Gasteiger partial charge in [-0.05, 0) is 55.7 Å². The number of thiazole rings is 1. The van der Waals surface area contributed by atoms with Crippen LogP contribution >= 0.6 is 11.3 Å². The van der Waals surface area contributed by atoms with Gasteiger partial charge >= 0.3 is 0 Å². The highest BCUT2D eigenvalue weighted by Crippen LogP contribution is 2.35.